The van der Waals surface area contributed by atoms with Crippen LogP contribution in [0.25, 0.3) is 0 Å². The summed E-state index contributed by atoms with van der Waals surface area (Å²) in [5.41, 5.74) is 0.897. The molecule has 1 aliphatic carbocycles. The Hall–Kier alpha value is -1.71. The van der Waals surface area contributed by atoms with E-state index < -0.39 is 0 Å². The molecular weight excluding hydrogens is 264 g/mol. The number of ether oxygens (including phenoxy) is 1. The highest BCUT2D eigenvalue weighted by molar-refractivity contribution is 5.84. The first kappa shape index (κ1) is 15.7. The summed E-state index contributed by atoms with van der Waals surface area (Å²) in [4.78, 5) is 12.3. The van der Waals surface area contributed by atoms with Crippen LogP contribution in [0.2, 0.25) is 0 Å². The van der Waals surface area contributed by atoms with Crippen molar-refractivity contribution < 1.29 is 9.53 Å². The van der Waals surface area contributed by atoms with Crippen LogP contribution >= 0.6 is 0 Å². The summed E-state index contributed by atoms with van der Waals surface area (Å²) in [6, 6.07) is 7.70. The molecule has 1 amide bonds. The van der Waals surface area contributed by atoms with Crippen molar-refractivity contribution in [1.82, 2.24) is 5.32 Å². The summed E-state index contributed by atoms with van der Waals surface area (Å²) in [7, 11) is 1.64. The van der Waals surface area contributed by atoms with E-state index in [0.29, 0.717) is 12.0 Å². The van der Waals surface area contributed by atoms with E-state index in [2.05, 4.69) is 17.6 Å². The van der Waals surface area contributed by atoms with Gasteiger partial charge in [-0.25, -0.2) is 0 Å². The molecule has 2 N–H and O–H groups in total. The highest BCUT2D eigenvalue weighted by Crippen LogP contribution is 2.24. The summed E-state index contributed by atoms with van der Waals surface area (Å²) in [5, 5.41) is 6.41. The lowest BCUT2D eigenvalue weighted by Gasteiger charge is -2.30. The highest BCUT2D eigenvalue weighted by atomic mass is 16.5. The first-order valence-corrected chi connectivity index (χ1v) is 7.81. The van der Waals surface area contributed by atoms with E-state index in [0.717, 1.165) is 17.9 Å². The van der Waals surface area contributed by atoms with Crippen LogP contribution in [0, 0.1) is 5.92 Å². The third-order valence-electron chi connectivity index (χ3n) is 4.29. The SMILES string of the molecule is COc1cccc(N[C@H](C)C(=O)N[C@H]2CCCC[C@@H]2C)c1. The lowest BCUT2D eigenvalue weighted by atomic mass is 9.86. The number of hydrogen-bond donors (Lipinski definition) is 2. The zero-order chi connectivity index (χ0) is 15.2. The maximum atomic E-state index is 12.3. The molecule has 1 aromatic carbocycles. The molecule has 1 fully saturated rings. The average Bonchev–Trinajstić information content (AvgIpc) is 2.49. The van der Waals surface area contributed by atoms with Gasteiger partial charge in [0.05, 0.1) is 7.11 Å². The number of methoxy groups -OCH3 is 1. The van der Waals surface area contributed by atoms with Gasteiger partial charge in [-0.05, 0) is 37.8 Å². The number of amides is 1. The first-order chi connectivity index (χ1) is 10.1. The van der Waals surface area contributed by atoms with E-state index in [-0.39, 0.29) is 11.9 Å². The number of carbonyl (C=O) groups excluding carboxylic acids is 1. The topological polar surface area (TPSA) is 50.4 Å². The van der Waals surface area contributed by atoms with Crippen molar-refractivity contribution in [3.05, 3.63) is 24.3 Å². The van der Waals surface area contributed by atoms with Crippen molar-refractivity contribution >= 4 is 11.6 Å². The summed E-state index contributed by atoms with van der Waals surface area (Å²) in [6.07, 6.45) is 4.81. The molecule has 0 radical (unpaired) electrons. The minimum Gasteiger partial charge on any atom is -0.497 e. The predicted molar refractivity (Wildman–Crippen MR) is 85.6 cm³/mol. The van der Waals surface area contributed by atoms with Gasteiger partial charge in [-0.3, -0.25) is 4.79 Å². The van der Waals surface area contributed by atoms with E-state index in [1.165, 1.54) is 19.3 Å². The van der Waals surface area contributed by atoms with Crippen molar-refractivity contribution in [2.24, 2.45) is 5.92 Å². The molecule has 0 heterocycles. The third kappa shape index (κ3) is 4.38. The Morgan fingerprint density at radius 2 is 2.10 bits per heavy atom. The summed E-state index contributed by atoms with van der Waals surface area (Å²) >= 11 is 0. The van der Waals surface area contributed by atoms with E-state index in [1.54, 1.807) is 7.11 Å². The van der Waals surface area contributed by atoms with Crippen LogP contribution in [0.1, 0.15) is 39.5 Å². The zero-order valence-electron chi connectivity index (χ0n) is 13.2. The van der Waals surface area contributed by atoms with Gasteiger partial charge in [0.2, 0.25) is 5.91 Å². The van der Waals surface area contributed by atoms with Crippen LogP contribution in [0.3, 0.4) is 0 Å². The first-order valence-electron chi connectivity index (χ1n) is 7.81. The van der Waals surface area contributed by atoms with Gasteiger partial charge in [0.15, 0.2) is 0 Å². The number of anilines is 1. The van der Waals surface area contributed by atoms with Crippen molar-refractivity contribution in [3.63, 3.8) is 0 Å². The predicted octanol–water partition coefficient (Wildman–Crippen LogP) is 3.19. The molecule has 0 aliphatic heterocycles. The Morgan fingerprint density at radius 1 is 1.33 bits per heavy atom. The minimum atomic E-state index is -0.258. The molecule has 0 aromatic heterocycles. The fraction of sp³-hybridized carbons (Fsp3) is 0.588. The highest BCUT2D eigenvalue weighted by Gasteiger charge is 2.24. The zero-order valence-corrected chi connectivity index (χ0v) is 13.2. The molecule has 0 unspecified atom stereocenters. The second-order valence-corrected chi connectivity index (χ2v) is 5.97. The van der Waals surface area contributed by atoms with Gasteiger partial charge >= 0.3 is 0 Å². The fourth-order valence-corrected chi connectivity index (χ4v) is 2.87. The van der Waals surface area contributed by atoms with E-state index in [9.17, 15) is 4.79 Å². The molecule has 4 heteroatoms. The van der Waals surface area contributed by atoms with Gasteiger partial charge in [0, 0.05) is 17.8 Å². The maximum absolute atomic E-state index is 12.3. The minimum absolute atomic E-state index is 0.0663. The Kier molecular flexibility index (Phi) is 5.48. The van der Waals surface area contributed by atoms with Crippen LogP contribution in [0.4, 0.5) is 5.69 Å². The van der Waals surface area contributed by atoms with Crippen molar-refractivity contribution in [2.45, 2.75) is 51.6 Å². The third-order valence-corrected chi connectivity index (χ3v) is 4.29. The molecule has 2 rings (SSSR count). The maximum Gasteiger partial charge on any atom is 0.242 e. The molecule has 0 saturated heterocycles. The Balaban J connectivity index is 1.89. The van der Waals surface area contributed by atoms with Gasteiger partial charge in [0.25, 0.3) is 0 Å². The molecule has 0 spiro atoms. The Morgan fingerprint density at radius 3 is 2.81 bits per heavy atom. The molecule has 21 heavy (non-hydrogen) atoms. The van der Waals surface area contributed by atoms with Crippen LogP contribution in [-0.2, 0) is 4.79 Å². The lowest BCUT2D eigenvalue weighted by Crippen LogP contribution is -2.46. The van der Waals surface area contributed by atoms with Crippen LogP contribution in [0.5, 0.6) is 5.75 Å². The van der Waals surface area contributed by atoms with Gasteiger partial charge in [-0.2, -0.15) is 0 Å². The standard InChI is InChI=1S/C17H26N2O2/c1-12-7-4-5-10-16(12)19-17(20)13(2)18-14-8-6-9-15(11-14)21-3/h6,8-9,11-13,16,18H,4-5,7,10H2,1-3H3,(H,19,20)/t12-,13+,16-/m0/s1. The Bertz CT molecular complexity index is 476. The normalized spacial score (nSPS) is 23.2. The van der Waals surface area contributed by atoms with Crippen LogP contribution in [0.15, 0.2) is 24.3 Å². The van der Waals surface area contributed by atoms with Gasteiger partial charge in [-0.1, -0.05) is 25.8 Å². The molecule has 116 valence electrons. The van der Waals surface area contributed by atoms with Crippen molar-refractivity contribution in [1.29, 1.82) is 0 Å². The summed E-state index contributed by atoms with van der Waals surface area (Å²) in [6.45, 7) is 4.12. The molecule has 3 atom stereocenters. The molecule has 0 bridgehead atoms. The van der Waals surface area contributed by atoms with Gasteiger partial charge in [0.1, 0.15) is 11.8 Å². The largest absolute Gasteiger partial charge is 0.497 e. The molecule has 1 aromatic rings. The molecule has 1 saturated carbocycles. The second kappa shape index (κ2) is 7.34. The van der Waals surface area contributed by atoms with Crippen molar-refractivity contribution in [3.8, 4) is 5.75 Å². The lowest BCUT2D eigenvalue weighted by molar-refractivity contribution is -0.122. The molecule has 1 aliphatic rings. The fourth-order valence-electron chi connectivity index (χ4n) is 2.87. The van der Waals surface area contributed by atoms with Gasteiger partial charge < -0.3 is 15.4 Å². The number of nitrogens with one attached hydrogen (secondary N) is 2. The monoisotopic (exact) mass is 290 g/mol. The second-order valence-electron chi connectivity index (χ2n) is 5.97. The van der Waals surface area contributed by atoms with Gasteiger partial charge in [-0.15, -0.1) is 0 Å². The number of hydrogen-bond acceptors (Lipinski definition) is 3. The van der Waals surface area contributed by atoms with E-state index in [4.69, 9.17) is 4.74 Å². The molecule has 4 nitrogen and oxygen atoms in total. The number of benzene rings is 1. The van der Waals surface area contributed by atoms with Crippen LogP contribution < -0.4 is 15.4 Å². The average molecular weight is 290 g/mol. The van der Waals surface area contributed by atoms with Crippen molar-refractivity contribution in [2.75, 3.05) is 12.4 Å². The summed E-state index contributed by atoms with van der Waals surface area (Å²) in [5.74, 6) is 1.43. The van der Waals surface area contributed by atoms with E-state index in [1.807, 2.05) is 31.2 Å². The van der Waals surface area contributed by atoms with E-state index >= 15 is 0 Å². The smallest absolute Gasteiger partial charge is 0.242 e. The Labute approximate surface area is 127 Å². The summed E-state index contributed by atoms with van der Waals surface area (Å²) < 4.78 is 5.19. The number of rotatable bonds is 5. The molecular formula is C17H26N2O2. The quantitative estimate of drug-likeness (QED) is 0.875. The van der Waals surface area contributed by atoms with Crippen LogP contribution in [-0.4, -0.2) is 25.1 Å². The number of carbonyl (C=O) groups is 1.